The van der Waals surface area contributed by atoms with E-state index in [1.165, 1.54) is 37.7 Å². The number of hydrogen-bond acceptors (Lipinski definition) is 2. The van der Waals surface area contributed by atoms with Gasteiger partial charge in [0.1, 0.15) is 0 Å². The number of pyridine rings is 1. The van der Waals surface area contributed by atoms with Crippen molar-refractivity contribution in [2.75, 3.05) is 11.5 Å². The SMILES string of the molecule is CCCCCCCCS(=O)CCc1ccncc1. The maximum atomic E-state index is 11.8. The molecule has 0 bridgehead atoms. The molecule has 1 rings (SSSR count). The average molecular weight is 267 g/mol. The zero-order chi connectivity index (χ0) is 13.1. The van der Waals surface area contributed by atoms with E-state index in [9.17, 15) is 4.21 Å². The number of unbranched alkanes of at least 4 members (excludes halogenated alkanes) is 5. The van der Waals surface area contributed by atoms with Crippen molar-refractivity contribution in [3.8, 4) is 0 Å². The van der Waals surface area contributed by atoms with Gasteiger partial charge < -0.3 is 0 Å². The summed E-state index contributed by atoms with van der Waals surface area (Å²) in [6.07, 6.45) is 12.1. The Balaban J connectivity index is 2.01. The van der Waals surface area contributed by atoms with Gasteiger partial charge in [-0.05, 0) is 30.5 Å². The second kappa shape index (κ2) is 10.2. The van der Waals surface area contributed by atoms with Crippen LogP contribution in [-0.2, 0) is 17.2 Å². The van der Waals surface area contributed by atoms with Crippen LogP contribution in [0.2, 0.25) is 0 Å². The molecule has 0 fully saturated rings. The third kappa shape index (κ3) is 7.59. The quantitative estimate of drug-likeness (QED) is 0.605. The van der Waals surface area contributed by atoms with E-state index >= 15 is 0 Å². The average Bonchev–Trinajstić information content (AvgIpc) is 2.41. The molecule has 0 amide bonds. The number of nitrogens with zero attached hydrogens (tertiary/aromatic N) is 1. The number of rotatable bonds is 10. The van der Waals surface area contributed by atoms with Gasteiger partial charge in [0.05, 0.1) is 0 Å². The molecule has 102 valence electrons. The van der Waals surface area contributed by atoms with Crippen LogP contribution in [0, 0.1) is 0 Å². The Morgan fingerprint density at radius 2 is 1.67 bits per heavy atom. The van der Waals surface area contributed by atoms with E-state index in [4.69, 9.17) is 0 Å². The van der Waals surface area contributed by atoms with Crippen molar-refractivity contribution < 1.29 is 4.21 Å². The first kappa shape index (κ1) is 15.4. The van der Waals surface area contributed by atoms with Gasteiger partial charge in [0, 0.05) is 34.7 Å². The number of aryl methyl sites for hydroxylation is 1. The molecule has 1 aromatic heterocycles. The van der Waals surface area contributed by atoms with E-state index in [1.54, 1.807) is 12.4 Å². The van der Waals surface area contributed by atoms with Gasteiger partial charge in [-0.15, -0.1) is 0 Å². The molecule has 18 heavy (non-hydrogen) atoms. The molecule has 3 heteroatoms. The third-order valence-electron chi connectivity index (χ3n) is 3.09. The molecular formula is C15H25NOS. The fourth-order valence-corrected chi connectivity index (χ4v) is 3.12. The summed E-state index contributed by atoms with van der Waals surface area (Å²) in [5.41, 5.74) is 1.24. The zero-order valence-corrected chi connectivity index (χ0v) is 12.3. The molecule has 0 aromatic carbocycles. The molecule has 0 spiro atoms. The lowest BCUT2D eigenvalue weighted by atomic mass is 10.1. The van der Waals surface area contributed by atoms with Crippen molar-refractivity contribution in [1.82, 2.24) is 4.98 Å². The molecule has 1 aromatic rings. The molecule has 0 radical (unpaired) electrons. The lowest BCUT2D eigenvalue weighted by molar-refractivity contribution is 0.622. The van der Waals surface area contributed by atoms with Gasteiger partial charge in [0.15, 0.2) is 0 Å². The molecule has 0 saturated carbocycles. The highest BCUT2D eigenvalue weighted by Gasteiger charge is 2.01. The first-order valence-electron chi connectivity index (χ1n) is 7.07. The van der Waals surface area contributed by atoms with E-state index in [-0.39, 0.29) is 0 Å². The molecule has 1 atom stereocenters. The van der Waals surface area contributed by atoms with Crippen molar-refractivity contribution >= 4 is 10.8 Å². The van der Waals surface area contributed by atoms with Gasteiger partial charge in [-0.1, -0.05) is 39.0 Å². The maximum absolute atomic E-state index is 11.8. The Morgan fingerprint density at radius 3 is 2.39 bits per heavy atom. The second-order valence-electron chi connectivity index (χ2n) is 4.72. The Labute approximate surface area is 114 Å². The summed E-state index contributed by atoms with van der Waals surface area (Å²) in [5.74, 6) is 1.66. The topological polar surface area (TPSA) is 30.0 Å². The summed E-state index contributed by atoms with van der Waals surface area (Å²) in [5, 5.41) is 0. The van der Waals surface area contributed by atoms with Gasteiger partial charge in [-0.25, -0.2) is 0 Å². The van der Waals surface area contributed by atoms with Crippen molar-refractivity contribution in [1.29, 1.82) is 0 Å². The van der Waals surface area contributed by atoms with Gasteiger partial charge in [0.25, 0.3) is 0 Å². The highest BCUT2D eigenvalue weighted by Crippen LogP contribution is 2.06. The van der Waals surface area contributed by atoms with Crippen molar-refractivity contribution in [2.45, 2.75) is 51.9 Å². The predicted octanol–water partition coefficient (Wildman–Crippen LogP) is 3.73. The first-order chi connectivity index (χ1) is 8.83. The van der Waals surface area contributed by atoms with Crippen LogP contribution in [0.3, 0.4) is 0 Å². The van der Waals surface area contributed by atoms with E-state index in [2.05, 4.69) is 11.9 Å². The zero-order valence-electron chi connectivity index (χ0n) is 11.4. The molecule has 0 saturated heterocycles. The Morgan fingerprint density at radius 1 is 1.00 bits per heavy atom. The number of hydrogen-bond donors (Lipinski definition) is 0. The summed E-state index contributed by atoms with van der Waals surface area (Å²) in [6.45, 7) is 2.23. The lowest BCUT2D eigenvalue weighted by Gasteiger charge is -2.03. The lowest BCUT2D eigenvalue weighted by Crippen LogP contribution is -2.05. The predicted molar refractivity (Wildman–Crippen MR) is 79.2 cm³/mol. The van der Waals surface area contributed by atoms with Crippen LogP contribution in [0.5, 0.6) is 0 Å². The van der Waals surface area contributed by atoms with E-state index < -0.39 is 10.8 Å². The van der Waals surface area contributed by atoms with Crippen molar-refractivity contribution in [2.24, 2.45) is 0 Å². The first-order valence-corrected chi connectivity index (χ1v) is 8.55. The van der Waals surface area contributed by atoms with Crippen LogP contribution in [0.25, 0.3) is 0 Å². The summed E-state index contributed by atoms with van der Waals surface area (Å²) in [6, 6.07) is 4.00. The summed E-state index contributed by atoms with van der Waals surface area (Å²) in [7, 11) is -0.648. The van der Waals surface area contributed by atoms with E-state index in [1.807, 2.05) is 12.1 Å². The molecule has 2 nitrogen and oxygen atoms in total. The Hall–Kier alpha value is -0.700. The highest BCUT2D eigenvalue weighted by molar-refractivity contribution is 7.84. The summed E-state index contributed by atoms with van der Waals surface area (Å²) in [4.78, 5) is 3.98. The maximum Gasteiger partial charge on any atom is 0.0275 e. The van der Waals surface area contributed by atoms with Crippen LogP contribution >= 0.6 is 0 Å². The molecular weight excluding hydrogens is 242 g/mol. The van der Waals surface area contributed by atoms with Crippen LogP contribution in [-0.4, -0.2) is 20.7 Å². The van der Waals surface area contributed by atoms with Gasteiger partial charge in [-0.3, -0.25) is 9.19 Å². The van der Waals surface area contributed by atoms with Gasteiger partial charge in [0.2, 0.25) is 0 Å². The third-order valence-corrected chi connectivity index (χ3v) is 4.50. The van der Waals surface area contributed by atoms with E-state index in [0.29, 0.717) is 0 Å². The van der Waals surface area contributed by atoms with E-state index in [0.717, 1.165) is 24.3 Å². The molecule has 0 aliphatic rings. The normalized spacial score (nSPS) is 12.5. The minimum Gasteiger partial charge on any atom is -0.265 e. The number of aromatic nitrogens is 1. The smallest absolute Gasteiger partial charge is 0.0275 e. The van der Waals surface area contributed by atoms with Crippen molar-refractivity contribution in [3.05, 3.63) is 30.1 Å². The highest BCUT2D eigenvalue weighted by atomic mass is 32.2. The van der Waals surface area contributed by atoms with Crippen LogP contribution in [0.1, 0.15) is 51.0 Å². The molecule has 1 heterocycles. The largest absolute Gasteiger partial charge is 0.265 e. The standard InChI is InChI=1S/C15H25NOS/c1-2-3-4-5-6-7-13-18(17)14-10-15-8-11-16-12-9-15/h8-9,11-12H,2-7,10,13-14H2,1H3. The summed E-state index contributed by atoms with van der Waals surface area (Å²) < 4.78 is 11.8. The van der Waals surface area contributed by atoms with Crippen LogP contribution in [0.4, 0.5) is 0 Å². The molecule has 1 unspecified atom stereocenters. The van der Waals surface area contributed by atoms with Crippen LogP contribution < -0.4 is 0 Å². The minimum atomic E-state index is -0.648. The van der Waals surface area contributed by atoms with Crippen LogP contribution in [0.15, 0.2) is 24.5 Å². The fraction of sp³-hybridized carbons (Fsp3) is 0.667. The molecule has 0 N–H and O–H groups in total. The monoisotopic (exact) mass is 267 g/mol. The Bertz CT molecular complexity index is 327. The Kier molecular flexibility index (Phi) is 8.74. The molecule has 0 aliphatic carbocycles. The summed E-state index contributed by atoms with van der Waals surface area (Å²) >= 11 is 0. The second-order valence-corrected chi connectivity index (χ2v) is 6.42. The molecule has 0 aliphatic heterocycles. The fourth-order valence-electron chi connectivity index (χ4n) is 1.93. The van der Waals surface area contributed by atoms with Gasteiger partial charge in [-0.2, -0.15) is 0 Å². The van der Waals surface area contributed by atoms with Crippen molar-refractivity contribution in [3.63, 3.8) is 0 Å². The minimum absolute atomic E-state index is 0.648. The van der Waals surface area contributed by atoms with Gasteiger partial charge >= 0.3 is 0 Å².